The summed E-state index contributed by atoms with van der Waals surface area (Å²) in [5.74, 6) is -2.58. The fraction of sp³-hybridized carbons (Fsp3) is 0.250. The van der Waals surface area contributed by atoms with Crippen molar-refractivity contribution in [3.8, 4) is 0 Å². The molecule has 0 atom stereocenters. The van der Waals surface area contributed by atoms with Crippen molar-refractivity contribution in [2.75, 3.05) is 31.1 Å². The van der Waals surface area contributed by atoms with Gasteiger partial charge in [-0.05, 0) is 18.2 Å². The number of hydrogen-bond donors (Lipinski definition) is 1. The first-order valence-electron chi connectivity index (χ1n) is 7.57. The van der Waals surface area contributed by atoms with Crippen LogP contribution in [0.15, 0.2) is 30.6 Å². The average Bonchev–Trinajstić information content (AvgIpc) is 2.63. The molecule has 1 aliphatic heterocycles. The average molecular weight is 347 g/mol. The van der Waals surface area contributed by atoms with Crippen LogP contribution in [0.1, 0.15) is 20.8 Å². The second-order valence-corrected chi connectivity index (χ2v) is 5.53. The molecule has 0 radical (unpaired) electrons. The molecule has 0 aliphatic carbocycles. The van der Waals surface area contributed by atoms with Gasteiger partial charge in [0.15, 0.2) is 11.6 Å². The van der Waals surface area contributed by atoms with E-state index in [0.29, 0.717) is 32.0 Å². The molecule has 7 nitrogen and oxygen atoms in total. The van der Waals surface area contributed by atoms with E-state index in [9.17, 15) is 18.4 Å². The second kappa shape index (κ2) is 6.80. The van der Waals surface area contributed by atoms with Crippen LogP contribution in [0.5, 0.6) is 0 Å². The van der Waals surface area contributed by atoms with Gasteiger partial charge in [0.2, 0.25) is 0 Å². The monoisotopic (exact) mass is 347 g/mol. The van der Waals surface area contributed by atoms with E-state index >= 15 is 0 Å². The van der Waals surface area contributed by atoms with E-state index in [4.69, 9.17) is 5.73 Å². The quantitative estimate of drug-likeness (QED) is 0.887. The van der Waals surface area contributed by atoms with Gasteiger partial charge >= 0.3 is 0 Å². The van der Waals surface area contributed by atoms with Crippen LogP contribution in [0, 0.1) is 11.6 Å². The van der Waals surface area contributed by atoms with Crippen LogP contribution in [0.2, 0.25) is 0 Å². The Hall–Kier alpha value is -3.10. The number of nitrogens with two attached hydrogens (primary N) is 1. The summed E-state index contributed by atoms with van der Waals surface area (Å²) >= 11 is 0. The lowest BCUT2D eigenvalue weighted by atomic mass is 10.1. The predicted octanol–water partition coefficient (Wildman–Crippen LogP) is 0.816. The number of amides is 2. The van der Waals surface area contributed by atoms with Gasteiger partial charge in [0.1, 0.15) is 11.5 Å². The summed E-state index contributed by atoms with van der Waals surface area (Å²) in [6.07, 6.45) is 2.80. The maximum Gasteiger partial charge on any atom is 0.268 e. The van der Waals surface area contributed by atoms with Gasteiger partial charge in [-0.25, -0.2) is 13.8 Å². The first-order chi connectivity index (χ1) is 12.0. The van der Waals surface area contributed by atoms with Crippen LogP contribution >= 0.6 is 0 Å². The third-order valence-corrected chi connectivity index (χ3v) is 3.93. The third kappa shape index (κ3) is 3.54. The lowest BCUT2D eigenvalue weighted by Gasteiger charge is -2.35. The molecule has 2 amide bonds. The molecular formula is C16H15F2N5O2. The van der Waals surface area contributed by atoms with Crippen molar-refractivity contribution in [3.63, 3.8) is 0 Å². The Morgan fingerprint density at radius 1 is 1.04 bits per heavy atom. The molecule has 2 N–H and O–H groups in total. The summed E-state index contributed by atoms with van der Waals surface area (Å²) in [5.41, 5.74) is 5.36. The van der Waals surface area contributed by atoms with Crippen LogP contribution in [0.3, 0.4) is 0 Å². The molecule has 130 valence electrons. The molecule has 0 bridgehead atoms. The molecule has 1 fully saturated rings. The van der Waals surface area contributed by atoms with E-state index in [1.54, 1.807) is 4.90 Å². The Morgan fingerprint density at radius 3 is 2.40 bits per heavy atom. The number of aromatic nitrogens is 2. The minimum Gasteiger partial charge on any atom is -0.364 e. The zero-order chi connectivity index (χ0) is 18.0. The summed E-state index contributed by atoms with van der Waals surface area (Å²) in [6.45, 7) is 1.68. The zero-order valence-corrected chi connectivity index (χ0v) is 13.2. The van der Waals surface area contributed by atoms with Crippen LogP contribution in [-0.2, 0) is 0 Å². The zero-order valence-electron chi connectivity index (χ0n) is 13.2. The van der Waals surface area contributed by atoms with Crippen molar-refractivity contribution >= 4 is 17.6 Å². The standard InChI is InChI=1S/C16H15F2N5O2/c17-11-2-1-10(7-12(11)18)16(25)23-5-3-22(4-6-23)14-9-20-8-13(21-14)15(19)24/h1-2,7-9H,3-6H2,(H2,19,24). The van der Waals surface area contributed by atoms with E-state index in [-0.39, 0.29) is 17.2 Å². The topological polar surface area (TPSA) is 92.4 Å². The number of anilines is 1. The number of benzene rings is 1. The molecule has 2 aromatic rings. The molecule has 0 saturated carbocycles. The minimum absolute atomic E-state index is 0.0674. The highest BCUT2D eigenvalue weighted by atomic mass is 19.2. The summed E-state index contributed by atoms with van der Waals surface area (Å²) in [4.78, 5) is 35.1. The van der Waals surface area contributed by atoms with Gasteiger partial charge in [-0.3, -0.25) is 14.6 Å². The Labute approximate surface area is 142 Å². The van der Waals surface area contributed by atoms with E-state index in [1.807, 2.05) is 4.90 Å². The number of piperazine rings is 1. The lowest BCUT2D eigenvalue weighted by Crippen LogP contribution is -2.49. The maximum absolute atomic E-state index is 13.3. The number of nitrogens with zero attached hydrogens (tertiary/aromatic N) is 4. The largest absolute Gasteiger partial charge is 0.364 e. The van der Waals surface area contributed by atoms with Gasteiger partial charge in [0.25, 0.3) is 11.8 Å². The highest BCUT2D eigenvalue weighted by Gasteiger charge is 2.24. The number of rotatable bonds is 3. The smallest absolute Gasteiger partial charge is 0.268 e. The van der Waals surface area contributed by atoms with Crippen molar-refractivity contribution in [2.45, 2.75) is 0 Å². The predicted molar refractivity (Wildman–Crippen MR) is 85.0 cm³/mol. The molecule has 0 unspecified atom stereocenters. The van der Waals surface area contributed by atoms with E-state index in [1.165, 1.54) is 18.5 Å². The van der Waals surface area contributed by atoms with Gasteiger partial charge in [-0.15, -0.1) is 0 Å². The normalized spacial score (nSPS) is 14.5. The molecule has 9 heteroatoms. The number of carbonyl (C=O) groups excluding carboxylic acids is 2. The Balaban J connectivity index is 1.67. The number of primary amides is 1. The molecular weight excluding hydrogens is 332 g/mol. The molecule has 1 saturated heterocycles. The fourth-order valence-corrected chi connectivity index (χ4v) is 2.58. The van der Waals surface area contributed by atoms with Crippen LogP contribution < -0.4 is 10.6 Å². The van der Waals surface area contributed by atoms with Crippen molar-refractivity contribution in [1.82, 2.24) is 14.9 Å². The summed E-state index contributed by atoms with van der Waals surface area (Å²) in [5, 5.41) is 0. The molecule has 3 rings (SSSR count). The number of halogens is 2. The van der Waals surface area contributed by atoms with E-state index in [0.717, 1.165) is 12.1 Å². The van der Waals surface area contributed by atoms with Gasteiger partial charge in [0.05, 0.1) is 12.4 Å². The van der Waals surface area contributed by atoms with Crippen LogP contribution in [-0.4, -0.2) is 52.9 Å². The first kappa shape index (κ1) is 16.7. The molecule has 1 aromatic carbocycles. The molecule has 2 heterocycles. The van der Waals surface area contributed by atoms with Crippen molar-refractivity contribution in [2.24, 2.45) is 5.73 Å². The fourth-order valence-electron chi connectivity index (χ4n) is 2.58. The third-order valence-electron chi connectivity index (χ3n) is 3.93. The van der Waals surface area contributed by atoms with Crippen molar-refractivity contribution < 1.29 is 18.4 Å². The first-order valence-corrected chi connectivity index (χ1v) is 7.57. The highest BCUT2D eigenvalue weighted by Crippen LogP contribution is 2.16. The van der Waals surface area contributed by atoms with Crippen molar-refractivity contribution in [1.29, 1.82) is 0 Å². The Bertz CT molecular complexity index is 822. The van der Waals surface area contributed by atoms with Gasteiger partial charge < -0.3 is 15.5 Å². The SMILES string of the molecule is NC(=O)c1cncc(N2CCN(C(=O)c3ccc(F)c(F)c3)CC2)n1. The molecule has 25 heavy (non-hydrogen) atoms. The number of carbonyl (C=O) groups is 2. The van der Waals surface area contributed by atoms with E-state index in [2.05, 4.69) is 9.97 Å². The summed E-state index contributed by atoms with van der Waals surface area (Å²) in [6, 6.07) is 3.09. The highest BCUT2D eigenvalue weighted by molar-refractivity contribution is 5.94. The summed E-state index contributed by atoms with van der Waals surface area (Å²) in [7, 11) is 0. The van der Waals surface area contributed by atoms with Crippen molar-refractivity contribution in [3.05, 3.63) is 53.5 Å². The second-order valence-electron chi connectivity index (χ2n) is 5.53. The lowest BCUT2D eigenvalue weighted by molar-refractivity contribution is 0.0746. The Kier molecular flexibility index (Phi) is 4.55. The van der Waals surface area contributed by atoms with Crippen LogP contribution in [0.25, 0.3) is 0 Å². The molecule has 1 aromatic heterocycles. The number of hydrogen-bond acceptors (Lipinski definition) is 5. The van der Waals surface area contributed by atoms with Gasteiger partial charge in [-0.1, -0.05) is 0 Å². The maximum atomic E-state index is 13.3. The molecule has 1 aliphatic rings. The van der Waals surface area contributed by atoms with Gasteiger partial charge in [0, 0.05) is 31.7 Å². The summed E-state index contributed by atoms with van der Waals surface area (Å²) < 4.78 is 26.3. The minimum atomic E-state index is -1.05. The van der Waals surface area contributed by atoms with Crippen LogP contribution in [0.4, 0.5) is 14.6 Å². The van der Waals surface area contributed by atoms with Gasteiger partial charge in [-0.2, -0.15) is 0 Å². The Morgan fingerprint density at radius 2 is 1.76 bits per heavy atom. The van der Waals surface area contributed by atoms with E-state index < -0.39 is 17.5 Å². The molecule has 0 spiro atoms.